The molecule has 0 fully saturated rings. The van der Waals surface area contributed by atoms with Crippen molar-refractivity contribution in [2.75, 3.05) is 11.5 Å². The Hall–Kier alpha value is -2.61. The molecule has 0 saturated carbocycles. The predicted molar refractivity (Wildman–Crippen MR) is 100 cm³/mol. The molecule has 0 aliphatic rings. The standard InChI is InChI=1S/C19H17F3N2O2S/c1-2-27(26)17-6-5-15(23)9-13(17)11-24-8-7-12-3-4-14(19(20,21)22)10-16(12)18(24)25/h3-10H,2,11,23H2,1H3. The van der Waals surface area contributed by atoms with Gasteiger partial charge in [-0.05, 0) is 47.3 Å². The number of nitrogens with two attached hydrogens (primary N) is 1. The minimum Gasteiger partial charge on any atom is -0.399 e. The number of hydrogen-bond donors (Lipinski definition) is 1. The van der Waals surface area contributed by atoms with Crippen LogP contribution < -0.4 is 11.3 Å². The molecule has 27 heavy (non-hydrogen) atoms. The van der Waals surface area contributed by atoms with E-state index in [1.54, 1.807) is 31.2 Å². The van der Waals surface area contributed by atoms with E-state index in [0.29, 0.717) is 27.3 Å². The van der Waals surface area contributed by atoms with Gasteiger partial charge in [-0.1, -0.05) is 13.0 Å². The van der Waals surface area contributed by atoms with Crippen molar-refractivity contribution in [1.82, 2.24) is 4.57 Å². The molecule has 3 rings (SSSR count). The summed E-state index contributed by atoms with van der Waals surface area (Å²) in [7, 11) is -1.25. The molecule has 3 aromatic rings. The number of halogens is 3. The minimum absolute atomic E-state index is 0.0191. The Balaban J connectivity index is 2.11. The number of hydrogen-bond acceptors (Lipinski definition) is 3. The van der Waals surface area contributed by atoms with Gasteiger partial charge in [-0.15, -0.1) is 0 Å². The van der Waals surface area contributed by atoms with E-state index < -0.39 is 28.1 Å². The van der Waals surface area contributed by atoms with Gasteiger partial charge in [0, 0.05) is 27.9 Å². The molecule has 0 bridgehead atoms. The third kappa shape index (κ3) is 3.90. The predicted octanol–water partition coefficient (Wildman–Crippen LogP) is 3.78. The van der Waals surface area contributed by atoms with Gasteiger partial charge in [0.2, 0.25) is 0 Å². The maximum absolute atomic E-state index is 13.0. The zero-order valence-electron chi connectivity index (χ0n) is 14.4. The molecule has 2 N–H and O–H groups in total. The number of rotatable bonds is 4. The largest absolute Gasteiger partial charge is 0.416 e. The molecule has 2 aromatic carbocycles. The van der Waals surface area contributed by atoms with Crippen LogP contribution in [-0.4, -0.2) is 14.5 Å². The number of nitrogen functional groups attached to an aromatic ring is 1. The van der Waals surface area contributed by atoms with Gasteiger partial charge >= 0.3 is 6.18 Å². The molecule has 0 spiro atoms. The lowest BCUT2D eigenvalue weighted by molar-refractivity contribution is -0.137. The van der Waals surface area contributed by atoms with Gasteiger partial charge in [-0.3, -0.25) is 9.00 Å². The van der Waals surface area contributed by atoms with Gasteiger partial charge in [0.1, 0.15) is 0 Å². The summed E-state index contributed by atoms with van der Waals surface area (Å²) in [6.07, 6.45) is -3.01. The van der Waals surface area contributed by atoms with Crippen LogP contribution in [0.1, 0.15) is 18.1 Å². The van der Waals surface area contributed by atoms with Crippen LogP contribution in [0.15, 0.2) is 58.4 Å². The first-order valence-electron chi connectivity index (χ1n) is 8.18. The topological polar surface area (TPSA) is 65.1 Å². The maximum Gasteiger partial charge on any atom is 0.416 e. The van der Waals surface area contributed by atoms with Crippen LogP contribution in [-0.2, 0) is 23.5 Å². The van der Waals surface area contributed by atoms with Crippen LogP contribution in [0.4, 0.5) is 18.9 Å². The quantitative estimate of drug-likeness (QED) is 0.685. The third-order valence-corrected chi connectivity index (χ3v) is 5.65. The summed E-state index contributed by atoms with van der Waals surface area (Å²) in [6.45, 7) is 1.84. The lowest BCUT2D eigenvalue weighted by atomic mass is 10.1. The van der Waals surface area contributed by atoms with Crippen molar-refractivity contribution in [1.29, 1.82) is 0 Å². The monoisotopic (exact) mass is 394 g/mol. The van der Waals surface area contributed by atoms with Gasteiger partial charge in [-0.2, -0.15) is 13.2 Å². The Morgan fingerprint density at radius 1 is 1.11 bits per heavy atom. The molecule has 1 unspecified atom stereocenters. The Bertz CT molecular complexity index is 1090. The first kappa shape index (κ1) is 19.2. The molecular formula is C19H17F3N2O2S. The lowest BCUT2D eigenvalue weighted by Crippen LogP contribution is -2.21. The number of benzene rings is 2. The van der Waals surface area contributed by atoms with Crippen LogP contribution in [0.3, 0.4) is 0 Å². The highest BCUT2D eigenvalue weighted by molar-refractivity contribution is 7.85. The fourth-order valence-corrected chi connectivity index (χ4v) is 3.81. The van der Waals surface area contributed by atoms with Gasteiger partial charge < -0.3 is 10.3 Å². The number of pyridine rings is 1. The Morgan fingerprint density at radius 2 is 1.85 bits per heavy atom. The smallest absolute Gasteiger partial charge is 0.399 e. The molecule has 8 heteroatoms. The minimum atomic E-state index is -4.53. The second kappa shape index (κ2) is 7.19. The highest BCUT2D eigenvalue weighted by Crippen LogP contribution is 2.30. The Kier molecular flexibility index (Phi) is 5.10. The van der Waals surface area contributed by atoms with Crippen molar-refractivity contribution in [3.63, 3.8) is 0 Å². The van der Waals surface area contributed by atoms with Gasteiger partial charge in [0.25, 0.3) is 5.56 Å². The highest BCUT2D eigenvalue weighted by Gasteiger charge is 2.30. The molecule has 1 atom stereocenters. The molecule has 0 aliphatic carbocycles. The van der Waals surface area contributed by atoms with Crippen LogP contribution >= 0.6 is 0 Å². The van der Waals surface area contributed by atoms with E-state index in [-0.39, 0.29) is 11.9 Å². The number of aromatic nitrogens is 1. The van der Waals surface area contributed by atoms with Crippen LogP contribution in [0.25, 0.3) is 10.8 Å². The second-order valence-electron chi connectivity index (χ2n) is 6.05. The molecule has 1 aromatic heterocycles. The summed E-state index contributed by atoms with van der Waals surface area (Å²) in [5.74, 6) is 0.401. The van der Waals surface area contributed by atoms with E-state index in [9.17, 15) is 22.2 Å². The summed E-state index contributed by atoms with van der Waals surface area (Å²) >= 11 is 0. The fourth-order valence-electron chi connectivity index (χ4n) is 2.86. The fraction of sp³-hybridized carbons (Fsp3) is 0.211. The summed E-state index contributed by atoms with van der Waals surface area (Å²) in [6, 6.07) is 9.59. The van der Waals surface area contributed by atoms with E-state index in [1.807, 2.05) is 0 Å². The first-order chi connectivity index (χ1) is 12.7. The molecule has 0 radical (unpaired) electrons. The average molecular weight is 394 g/mol. The van der Waals surface area contributed by atoms with E-state index >= 15 is 0 Å². The van der Waals surface area contributed by atoms with Crippen molar-refractivity contribution in [3.05, 3.63) is 70.1 Å². The summed E-state index contributed by atoms with van der Waals surface area (Å²) in [4.78, 5) is 13.3. The number of alkyl halides is 3. The first-order valence-corrected chi connectivity index (χ1v) is 9.49. The van der Waals surface area contributed by atoms with E-state index in [1.165, 1.54) is 16.8 Å². The van der Waals surface area contributed by atoms with Crippen molar-refractivity contribution >= 4 is 27.3 Å². The lowest BCUT2D eigenvalue weighted by Gasteiger charge is -2.13. The zero-order valence-corrected chi connectivity index (χ0v) is 15.2. The Labute approximate surface area is 155 Å². The zero-order chi connectivity index (χ0) is 19.8. The highest BCUT2D eigenvalue weighted by atomic mass is 32.2. The van der Waals surface area contributed by atoms with E-state index in [4.69, 9.17) is 5.73 Å². The summed E-state index contributed by atoms with van der Waals surface area (Å²) in [5.41, 5.74) is 5.44. The van der Waals surface area contributed by atoms with Crippen molar-refractivity contribution in [3.8, 4) is 0 Å². The molecule has 0 amide bonds. The molecule has 0 saturated heterocycles. The van der Waals surface area contributed by atoms with Crippen molar-refractivity contribution in [2.24, 2.45) is 0 Å². The molecule has 4 nitrogen and oxygen atoms in total. The van der Waals surface area contributed by atoms with Crippen LogP contribution in [0, 0.1) is 0 Å². The van der Waals surface area contributed by atoms with Crippen molar-refractivity contribution < 1.29 is 17.4 Å². The summed E-state index contributed by atoms with van der Waals surface area (Å²) < 4.78 is 52.4. The Morgan fingerprint density at radius 3 is 2.52 bits per heavy atom. The SMILES string of the molecule is CCS(=O)c1ccc(N)cc1Cn1ccc2ccc(C(F)(F)F)cc2c1=O. The molecule has 0 aliphatic heterocycles. The third-order valence-electron chi connectivity index (χ3n) is 4.24. The van der Waals surface area contributed by atoms with Gasteiger partial charge in [0.05, 0.1) is 22.9 Å². The molecule has 142 valence electrons. The van der Waals surface area contributed by atoms with Crippen LogP contribution in [0.2, 0.25) is 0 Å². The average Bonchev–Trinajstić information content (AvgIpc) is 2.62. The van der Waals surface area contributed by atoms with Crippen LogP contribution in [0.5, 0.6) is 0 Å². The van der Waals surface area contributed by atoms with Gasteiger partial charge in [0.15, 0.2) is 0 Å². The van der Waals surface area contributed by atoms with E-state index in [0.717, 1.165) is 12.1 Å². The number of fused-ring (bicyclic) bond motifs is 1. The normalized spacial score (nSPS) is 13.0. The van der Waals surface area contributed by atoms with Gasteiger partial charge in [-0.25, -0.2) is 0 Å². The molecular weight excluding hydrogens is 377 g/mol. The van der Waals surface area contributed by atoms with Crippen molar-refractivity contribution in [2.45, 2.75) is 24.5 Å². The maximum atomic E-state index is 13.0. The number of nitrogens with zero attached hydrogens (tertiary/aromatic N) is 1. The molecule has 1 heterocycles. The summed E-state index contributed by atoms with van der Waals surface area (Å²) in [5, 5.41) is 0.406. The second-order valence-corrected chi connectivity index (χ2v) is 7.76. The number of anilines is 1. The van der Waals surface area contributed by atoms with E-state index in [2.05, 4.69) is 0 Å².